The lowest BCUT2D eigenvalue weighted by atomic mass is 9.53. The maximum absolute atomic E-state index is 14.7. The van der Waals surface area contributed by atoms with Crippen molar-refractivity contribution in [1.29, 1.82) is 0 Å². The van der Waals surface area contributed by atoms with Crippen molar-refractivity contribution < 1.29 is 29.6 Å². The number of hydrogen-bond donors (Lipinski definition) is 3. The summed E-state index contributed by atoms with van der Waals surface area (Å²) in [7, 11) is 0. The first-order valence-electron chi connectivity index (χ1n) is 14.3. The van der Waals surface area contributed by atoms with E-state index in [1.807, 2.05) is 27.7 Å². The van der Waals surface area contributed by atoms with E-state index in [0.717, 1.165) is 18.4 Å². The Labute approximate surface area is 234 Å². The molecule has 0 aliphatic heterocycles. The van der Waals surface area contributed by atoms with Gasteiger partial charge in [-0.1, -0.05) is 39.8 Å². The second kappa shape index (κ2) is 10.7. The smallest absolute Gasteiger partial charge is 0.357 e. The van der Waals surface area contributed by atoms with Gasteiger partial charge in [-0.2, -0.15) is 0 Å². The summed E-state index contributed by atoms with van der Waals surface area (Å²) >= 11 is 0. The molecule has 0 amide bonds. The molecule has 2 saturated carbocycles. The molecular weight excluding hydrogens is 494 g/mol. The molecule has 3 N–H and O–H groups in total. The molecule has 0 aromatic heterocycles. The minimum absolute atomic E-state index is 0.0715. The fourth-order valence-corrected chi connectivity index (χ4v) is 6.98. The number of esters is 1. The van der Waals surface area contributed by atoms with Gasteiger partial charge in [-0.25, -0.2) is 4.79 Å². The lowest BCUT2D eigenvalue weighted by Gasteiger charge is -2.54. The predicted octanol–water partition coefficient (Wildman–Crippen LogP) is 4.95. The number of carbonyl (C=O) groups excluding carboxylic acids is 2. The number of hydrogen-bond acceptors (Lipinski definition) is 7. The van der Waals surface area contributed by atoms with Crippen molar-refractivity contribution in [3.8, 4) is 0 Å². The molecule has 2 fully saturated rings. The zero-order valence-electron chi connectivity index (χ0n) is 25.3. The van der Waals surface area contributed by atoms with Gasteiger partial charge in [-0.05, 0) is 88.2 Å². The maximum atomic E-state index is 14.7. The fraction of sp³-hybridized carbons (Fsp3) is 0.719. The fourth-order valence-electron chi connectivity index (χ4n) is 6.98. The highest BCUT2D eigenvalue weighted by molar-refractivity contribution is 5.95. The van der Waals surface area contributed by atoms with Crippen LogP contribution in [0.5, 0.6) is 0 Å². The summed E-state index contributed by atoms with van der Waals surface area (Å²) in [6.07, 6.45) is 4.26. The highest BCUT2D eigenvalue weighted by atomic mass is 16.6. The number of aliphatic hydroxyl groups is 3. The first kappa shape index (κ1) is 31.4. The number of rotatable bonds is 7. The topological polar surface area (TPSA) is 116 Å². The minimum Gasteiger partial charge on any atom is -0.455 e. The van der Waals surface area contributed by atoms with Crippen molar-refractivity contribution in [2.45, 2.75) is 105 Å². The van der Waals surface area contributed by atoms with Crippen LogP contribution in [-0.2, 0) is 14.3 Å². The molecule has 0 heterocycles. The monoisotopic (exact) mass is 543 g/mol. The van der Waals surface area contributed by atoms with Crippen molar-refractivity contribution in [3.05, 3.63) is 35.6 Å². The number of aliphatic imine (C=N–C) groups is 1. The van der Waals surface area contributed by atoms with Gasteiger partial charge < -0.3 is 20.1 Å². The minimum atomic E-state index is -2.03. The van der Waals surface area contributed by atoms with E-state index in [1.54, 1.807) is 26.8 Å². The lowest BCUT2D eigenvalue weighted by Crippen LogP contribution is -2.66. The zero-order valence-corrected chi connectivity index (χ0v) is 25.3. The first-order valence-corrected chi connectivity index (χ1v) is 14.3. The number of Topliss-reactive ketones (excluding diaryl/α,β-unsaturated/α-hetero) is 1. The van der Waals surface area contributed by atoms with Crippen molar-refractivity contribution in [1.82, 2.24) is 0 Å². The molecule has 7 heteroatoms. The van der Waals surface area contributed by atoms with Crippen LogP contribution in [-0.4, -0.2) is 56.7 Å². The zero-order chi connectivity index (χ0) is 29.7. The summed E-state index contributed by atoms with van der Waals surface area (Å²) in [5.41, 5.74) is -3.72. The Kier molecular flexibility index (Phi) is 8.64. The van der Waals surface area contributed by atoms with Crippen LogP contribution in [0.15, 0.2) is 40.6 Å². The Morgan fingerprint density at radius 2 is 1.77 bits per heavy atom. The third kappa shape index (κ3) is 5.22. The van der Waals surface area contributed by atoms with Crippen LogP contribution < -0.4 is 0 Å². The molecule has 0 aromatic rings. The van der Waals surface area contributed by atoms with Crippen LogP contribution in [0.4, 0.5) is 0 Å². The molecule has 3 aliphatic carbocycles. The Morgan fingerprint density at radius 1 is 1.18 bits per heavy atom. The molecule has 7 nitrogen and oxygen atoms in total. The van der Waals surface area contributed by atoms with Gasteiger partial charge in [-0.3, -0.25) is 9.79 Å². The van der Waals surface area contributed by atoms with Crippen LogP contribution in [0.3, 0.4) is 0 Å². The molecular formula is C32H49NO6. The van der Waals surface area contributed by atoms with E-state index >= 15 is 0 Å². The highest BCUT2D eigenvalue weighted by Crippen LogP contribution is 2.59. The molecule has 0 aromatic carbocycles. The Balaban J connectivity index is 2.24. The quantitative estimate of drug-likeness (QED) is 0.181. The van der Waals surface area contributed by atoms with Gasteiger partial charge in [0, 0.05) is 18.1 Å². The van der Waals surface area contributed by atoms with Gasteiger partial charge in [0.25, 0.3) is 0 Å². The number of aliphatic hydroxyl groups excluding tert-OH is 1. The molecule has 0 radical (unpaired) electrons. The number of allylic oxidation sites excluding steroid dienone is 2. The normalized spacial score (nSPS) is 39.1. The van der Waals surface area contributed by atoms with Crippen molar-refractivity contribution in [3.63, 3.8) is 0 Å². The van der Waals surface area contributed by atoms with Crippen LogP contribution >= 0.6 is 0 Å². The summed E-state index contributed by atoms with van der Waals surface area (Å²) in [4.78, 5) is 32.8. The summed E-state index contributed by atoms with van der Waals surface area (Å²) < 4.78 is 6.00. The summed E-state index contributed by atoms with van der Waals surface area (Å²) in [5, 5.41) is 34.8. The predicted molar refractivity (Wildman–Crippen MR) is 153 cm³/mol. The highest BCUT2D eigenvalue weighted by Gasteiger charge is 2.67. The standard InChI is InChI=1S/C32H49NO6/c1-11-31-20(5)14-19(4)29(8,9)25(27(31)35)15-24(16-34)30(10,37)17-32(31,38)22(7)39-28(36)26(33-18(2)3)21(6)23-12-13-23/h11,15,19-20,22-23,25,34,37-38H,1,12-14,16-17H2,2-10H3/b24-15-,26-21-/t19?,20-,22?,25?,30?,31?,32?/m1/s1. The third-order valence-corrected chi connectivity index (χ3v) is 10.2. The maximum Gasteiger partial charge on any atom is 0.357 e. The van der Waals surface area contributed by atoms with Gasteiger partial charge in [0.2, 0.25) is 0 Å². The van der Waals surface area contributed by atoms with Crippen LogP contribution in [0.25, 0.3) is 0 Å². The average molecular weight is 544 g/mol. The van der Waals surface area contributed by atoms with Gasteiger partial charge >= 0.3 is 5.97 Å². The van der Waals surface area contributed by atoms with E-state index in [-0.39, 0.29) is 41.2 Å². The number of ketones is 1. The Morgan fingerprint density at radius 3 is 2.26 bits per heavy atom. The number of carbonyl (C=O) groups is 2. The number of fused-ring (bicyclic) bond motifs is 2. The molecule has 6 unspecified atom stereocenters. The van der Waals surface area contributed by atoms with Crippen LogP contribution in [0.1, 0.15) is 88.0 Å². The SMILES string of the molecule is C=CC12C(=O)C(/C=C(/CO)C(C)(O)CC1(O)C(C)OC(=O)/C(N=C(C)C)=C(\C)C1CC1)C(C)(C)C(C)C[C@H]2C. The number of nitrogens with zero attached hydrogens (tertiary/aromatic N) is 1. The summed E-state index contributed by atoms with van der Waals surface area (Å²) in [6, 6.07) is 0. The van der Waals surface area contributed by atoms with E-state index in [2.05, 4.69) is 18.5 Å². The van der Waals surface area contributed by atoms with E-state index < -0.39 is 46.6 Å². The van der Waals surface area contributed by atoms with Crippen molar-refractivity contribution >= 4 is 17.5 Å². The van der Waals surface area contributed by atoms with Crippen molar-refractivity contribution in [2.24, 2.45) is 39.5 Å². The average Bonchev–Trinajstić information content (AvgIpc) is 3.67. The van der Waals surface area contributed by atoms with Gasteiger partial charge in [0.05, 0.1) is 17.6 Å². The summed E-state index contributed by atoms with van der Waals surface area (Å²) in [5.74, 6) is -1.63. The second-order valence-corrected chi connectivity index (χ2v) is 13.4. The van der Waals surface area contributed by atoms with E-state index in [0.29, 0.717) is 12.1 Å². The van der Waals surface area contributed by atoms with Gasteiger partial charge in [-0.15, -0.1) is 6.58 Å². The molecule has 7 atom stereocenters. The first-order chi connectivity index (χ1) is 17.9. The van der Waals surface area contributed by atoms with E-state index in [9.17, 15) is 24.9 Å². The molecule has 218 valence electrons. The number of ether oxygens (including phenoxy) is 1. The molecule has 2 bridgehead atoms. The Bertz CT molecular complexity index is 1110. The van der Waals surface area contributed by atoms with Gasteiger partial charge in [0.1, 0.15) is 17.4 Å². The molecule has 0 saturated heterocycles. The molecule has 39 heavy (non-hydrogen) atoms. The van der Waals surface area contributed by atoms with Gasteiger partial charge in [0.15, 0.2) is 5.78 Å². The molecule has 0 spiro atoms. The van der Waals surface area contributed by atoms with Crippen LogP contribution in [0.2, 0.25) is 0 Å². The molecule has 3 aliphatic rings. The van der Waals surface area contributed by atoms with E-state index in [4.69, 9.17) is 4.74 Å². The van der Waals surface area contributed by atoms with E-state index in [1.165, 1.54) is 13.0 Å². The largest absolute Gasteiger partial charge is 0.455 e. The lowest BCUT2D eigenvalue weighted by molar-refractivity contribution is -0.203. The third-order valence-electron chi connectivity index (χ3n) is 10.2. The van der Waals surface area contributed by atoms with Crippen LogP contribution in [0, 0.1) is 34.5 Å². The Hall–Kier alpha value is -2.09. The second-order valence-electron chi connectivity index (χ2n) is 13.4. The molecule has 3 rings (SSSR count). The van der Waals surface area contributed by atoms with Crippen molar-refractivity contribution in [2.75, 3.05) is 6.61 Å². The summed E-state index contributed by atoms with van der Waals surface area (Å²) in [6.45, 7) is 20.2.